The van der Waals surface area contributed by atoms with Gasteiger partial charge in [0.1, 0.15) is 0 Å². The molecule has 1 heteroatoms. The predicted molar refractivity (Wildman–Crippen MR) is 77.6 cm³/mol. The van der Waals surface area contributed by atoms with Crippen molar-refractivity contribution in [3.05, 3.63) is 35.5 Å². The average molecular weight is 243 g/mol. The lowest BCUT2D eigenvalue weighted by Crippen LogP contribution is -2.39. The molecule has 2 aliphatic carbocycles. The zero-order valence-electron chi connectivity index (χ0n) is 11.6. The molecule has 2 fully saturated rings. The Bertz CT molecular complexity index is 392. The minimum atomic E-state index is 0.637. The molecule has 0 aromatic carbocycles. The highest BCUT2D eigenvalue weighted by molar-refractivity contribution is 5.36. The van der Waals surface area contributed by atoms with Crippen LogP contribution in [0, 0.1) is 5.41 Å². The Morgan fingerprint density at radius 3 is 2.33 bits per heavy atom. The molecule has 1 nitrogen and oxygen atoms in total. The topological polar surface area (TPSA) is 3.24 Å². The number of piperidine rings is 1. The number of hydrogen-bond acceptors (Lipinski definition) is 1. The van der Waals surface area contributed by atoms with Crippen molar-refractivity contribution in [3.63, 3.8) is 0 Å². The van der Waals surface area contributed by atoms with E-state index in [0.717, 1.165) is 12.8 Å². The maximum absolute atomic E-state index is 2.49. The molecule has 0 aromatic rings. The van der Waals surface area contributed by atoms with E-state index in [1.165, 1.54) is 45.2 Å². The van der Waals surface area contributed by atoms with Gasteiger partial charge in [0.15, 0.2) is 0 Å². The van der Waals surface area contributed by atoms with Crippen LogP contribution in [0.3, 0.4) is 0 Å². The third-order valence-electron chi connectivity index (χ3n) is 5.12. The van der Waals surface area contributed by atoms with Gasteiger partial charge < -0.3 is 4.90 Å². The highest BCUT2D eigenvalue weighted by Crippen LogP contribution is 2.48. The summed E-state index contributed by atoms with van der Waals surface area (Å²) in [7, 11) is 2.26. The first-order valence-corrected chi connectivity index (χ1v) is 7.49. The Kier molecular flexibility index (Phi) is 3.43. The van der Waals surface area contributed by atoms with E-state index in [0.29, 0.717) is 5.41 Å². The Balaban J connectivity index is 1.77. The number of likely N-dealkylation sites (tertiary alicyclic amines) is 1. The van der Waals surface area contributed by atoms with Gasteiger partial charge in [-0.1, -0.05) is 24.3 Å². The van der Waals surface area contributed by atoms with Crippen LogP contribution in [0.2, 0.25) is 0 Å². The Hall–Kier alpha value is -0.820. The highest BCUT2D eigenvalue weighted by Gasteiger charge is 2.37. The van der Waals surface area contributed by atoms with Crippen LogP contribution in [-0.4, -0.2) is 25.0 Å². The van der Waals surface area contributed by atoms with E-state index in [9.17, 15) is 0 Å². The van der Waals surface area contributed by atoms with Gasteiger partial charge in [-0.2, -0.15) is 0 Å². The molecular weight excluding hydrogens is 218 g/mol. The van der Waals surface area contributed by atoms with Gasteiger partial charge in [-0.3, -0.25) is 0 Å². The number of fused-ring (bicyclic) bond motifs is 1. The number of nitrogens with zero attached hydrogens (tertiary/aromatic N) is 1. The van der Waals surface area contributed by atoms with Crippen LogP contribution in [0.15, 0.2) is 35.5 Å². The second kappa shape index (κ2) is 5.05. The number of rotatable bonds is 0. The molecule has 0 bridgehead atoms. The molecule has 0 unspecified atom stereocenters. The smallest absolute Gasteiger partial charge is 0.00164 e. The van der Waals surface area contributed by atoms with Crippen molar-refractivity contribution in [1.82, 2.24) is 4.90 Å². The van der Waals surface area contributed by atoms with Gasteiger partial charge in [-0.15, -0.1) is 0 Å². The highest BCUT2D eigenvalue weighted by atomic mass is 15.1. The molecular formula is C17H25N. The third kappa shape index (κ3) is 2.47. The second-order valence-electron chi connectivity index (χ2n) is 6.38. The number of allylic oxidation sites excluding steroid dienone is 6. The van der Waals surface area contributed by atoms with Crippen LogP contribution >= 0.6 is 0 Å². The van der Waals surface area contributed by atoms with E-state index >= 15 is 0 Å². The first-order chi connectivity index (χ1) is 8.77. The third-order valence-corrected chi connectivity index (χ3v) is 5.12. The molecule has 1 spiro atoms. The van der Waals surface area contributed by atoms with E-state index < -0.39 is 0 Å². The van der Waals surface area contributed by atoms with Gasteiger partial charge in [0.05, 0.1) is 0 Å². The van der Waals surface area contributed by atoms with E-state index in [1.807, 2.05) is 0 Å². The van der Waals surface area contributed by atoms with Gasteiger partial charge in [0, 0.05) is 0 Å². The average Bonchev–Trinajstić information content (AvgIpc) is 2.36. The maximum atomic E-state index is 2.49. The predicted octanol–water partition coefficient (Wildman–Crippen LogP) is 4.09. The Morgan fingerprint density at radius 2 is 1.61 bits per heavy atom. The van der Waals surface area contributed by atoms with E-state index in [2.05, 4.69) is 36.3 Å². The number of hydrogen-bond donors (Lipinski definition) is 0. The fraction of sp³-hybridized carbons (Fsp3) is 0.647. The molecule has 0 aromatic heterocycles. The lowest BCUT2D eigenvalue weighted by Gasteiger charge is -2.45. The molecule has 1 aliphatic heterocycles. The standard InChI is InChI=1S/C17H25N/c1-18-12-10-17(11-13-18)9-8-15-6-4-2-3-5-7-16(15)14-17/h2-3,6-7H,4-5,8-14H2,1H3/b3-2-,15-6?,16-7?. The molecule has 98 valence electrons. The quantitative estimate of drug-likeness (QED) is 0.579. The fourth-order valence-electron chi connectivity index (χ4n) is 3.74. The molecule has 0 amide bonds. The van der Waals surface area contributed by atoms with Gasteiger partial charge in [0.2, 0.25) is 0 Å². The largest absolute Gasteiger partial charge is 0.306 e. The van der Waals surface area contributed by atoms with Crippen LogP contribution in [0.4, 0.5) is 0 Å². The normalized spacial score (nSPS) is 29.8. The van der Waals surface area contributed by atoms with Crippen LogP contribution in [0.25, 0.3) is 0 Å². The zero-order valence-corrected chi connectivity index (χ0v) is 11.6. The maximum Gasteiger partial charge on any atom is -0.00164 e. The van der Waals surface area contributed by atoms with Crippen molar-refractivity contribution < 1.29 is 0 Å². The summed E-state index contributed by atoms with van der Waals surface area (Å²) >= 11 is 0. The Labute approximate surface area is 111 Å². The summed E-state index contributed by atoms with van der Waals surface area (Å²) in [5.74, 6) is 0. The SMILES string of the molecule is CN1CCC2(CCC3=CC/C=C\CC=C3C2)CC1. The summed E-state index contributed by atoms with van der Waals surface area (Å²) in [4.78, 5) is 2.49. The van der Waals surface area contributed by atoms with Crippen LogP contribution in [-0.2, 0) is 0 Å². The van der Waals surface area contributed by atoms with Crippen molar-refractivity contribution >= 4 is 0 Å². The first-order valence-electron chi connectivity index (χ1n) is 7.49. The molecule has 1 saturated heterocycles. The molecule has 3 aliphatic rings. The minimum absolute atomic E-state index is 0.637. The zero-order chi connectivity index (χ0) is 12.4. The molecule has 18 heavy (non-hydrogen) atoms. The summed E-state index contributed by atoms with van der Waals surface area (Å²) in [6.07, 6.45) is 18.8. The summed E-state index contributed by atoms with van der Waals surface area (Å²) in [6.45, 7) is 2.60. The lowest BCUT2D eigenvalue weighted by atomic mass is 9.65. The van der Waals surface area contributed by atoms with Gasteiger partial charge in [0.25, 0.3) is 0 Å². The molecule has 1 saturated carbocycles. The van der Waals surface area contributed by atoms with Crippen molar-refractivity contribution in [1.29, 1.82) is 0 Å². The lowest BCUT2D eigenvalue weighted by molar-refractivity contribution is 0.106. The second-order valence-corrected chi connectivity index (χ2v) is 6.38. The van der Waals surface area contributed by atoms with Crippen molar-refractivity contribution in [3.8, 4) is 0 Å². The fourth-order valence-corrected chi connectivity index (χ4v) is 3.74. The van der Waals surface area contributed by atoms with Crippen molar-refractivity contribution in [2.75, 3.05) is 20.1 Å². The van der Waals surface area contributed by atoms with Gasteiger partial charge in [-0.05, 0) is 81.6 Å². The molecule has 1 heterocycles. The summed E-state index contributed by atoms with van der Waals surface area (Å²) in [5.41, 5.74) is 3.97. The van der Waals surface area contributed by atoms with Crippen LogP contribution in [0.5, 0.6) is 0 Å². The van der Waals surface area contributed by atoms with Crippen molar-refractivity contribution in [2.45, 2.75) is 44.9 Å². The van der Waals surface area contributed by atoms with E-state index in [1.54, 1.807) is 11.1 Å². The van der Waals surface area contributed by atoms with Crippen LogP contribution in [0.1, 0.15) is 44.9 Å². The van der Waals surface area contributed by atoms with E-state index in [-0.39, 0.29) is 0 Å². The Morgan fingerprint density at radius 1 is 0.944 bits per heavy atom. The molecule has 0 radical (unpaired) electrons. The van der Waals surface area contributed by atoms with Crippen molar-refractivity contribution in [2.24, 2.45) is 5.41 Å². The summed E-state index contributed by atoms with van der Waals surface area (Å²) in [6, 6.07) is 0. The summed E-state index contributed by atoms with van der Waals surface area (Å²) < 4.78 is 0. The molecule has 0 N–H and O–H groups in total. The monoisotopic (exact) mass is 243 g/mol. The minimum Gasteiger partial charge on any atom is -0.306 e. The van der Waals surface area contributed by atoms with Gasteiger partial charge in [-0.25, -0.2) is 0 Å². The van der Waals surface area contributed by atoms with E-state index in [4.69, 9.17) is 0 Å². The molecule has 0 atom stereocenters. The molecule has 3 rings (SSSR count). The van der Waals surface area contributed by atoms with Gasteiger partial charge >= 0.3 is 0 Å². The first kappa shape index (κ1) is 12.2. The van der Waals surface area contributed by atoms with Crippen LogP contribution < -0.4 is 0 Å². The summed E-state index contributed by atoms with van der Waals surface area (Å²) in [5, 5.41) is 0.